The van der Waals surface area contributed by atoms with Gasteiger partial charge in [-0.15, -0.1) is 0 Å². The number of nitro benzene ring substituents is 1. The van der Waals surface area contributed by atoms with E-state index in [1.54, 1.807) is 32.0 Å². The molecule has 0 saturated heterocycles. The third-order valence-corrected chi connectivity index (χ3v) is 5.39. The number of benzene rings is 2. The highest BCUT2D eigenvalue weighted by Crippen LogP contribution is 2.36. The lowest BCUT2D eigenvalue weighted by atomic mass is 10.2. The number of fused-ring (bicyclic) bond motifs is 1. The van der Waals surface area contributed by atoms with Gasteiger partial charge in [0.25, 0.3) is 5.56 Å². The van der Waals surface area contributed by atoms with Crippen LogP contribution in [0.15, 0.2) is 44.7 Å². The van der Waals surface area contributed by atoms with Crippen LogP contribution in [0.25, 0.3) is 10.9 Å². The number of nitrogens with zero attached hydrogens (tertiary/aromatic N) is 4. The second-order valence-electron chi connectivity index (χ2n) is 8.08. The summed E-state index contributed by atoms with van der Waals surface area (Å²) in [4.78, 5) is 40.4. The molecule has 0 amide bonds. The summed E-state index contributed by atoms with van der Waals surface area (Å²) < 4.78 is 12.1. The Morgan fingerprint density at radius 1 is 1.29 bits per heavy atom. The maximum Gasteiger partial charge on any atom is 0.344 e. The van der Waals surface area contributed by atoms with E-state index in [0.29, 0.717) is 21.2 Å². The number of esters is 1. The van der Waals surface area contributed by atoms with Gasteiger partial charge in [-0.1, -0.05) is 41.4 Å². The molecule has 3 rings (SSSR count). The van der Waals surface area contributed by atoms with E-state index >= 15 is 0 Å². The zero-order chi connectivity index (χ0) is 25.9. The van der Waals surface area contributed by atoms with Crippen molar-refractivity contribution in [3.63, 3.8) is 0 Å². The SMILES string of the molecule is CC(C)OC(=O)COc1c(Cl)cc(C=Nn2c(C(C)C)nc3ccc(Br)cc3c2=O)cc1[N+](=O)[O-]. The Balaban J connectivity index is 2.02. The predicted octanol–water partition coefficient (Wildman–Crippen LogP) is 5.06. The Labute approximate surface area is 213 Å². The van der Waals surface area contributed by atoms with E-state index in [0.717, 1.165) is 4.68 Å². The van der Waals surface area contributed by atoms with Gasteiger partial charge in [-0.25, -0.2) is 9.78 Å². The zero-order valence-corrected chi connectivity index (χ0v) is 21.7. The van der Waals surface area contributed by atoms with Gasteiger partial charge in [-0.3, -0.25) is 14.9 Å². The van der Waals surface area contributed by atoms with Gasteiger partial charge in [0.1, 0.15) is 5.82 Å². The summed E-state index contributed by atoms with van der Waals surface area (Å²) in [5.41, 5.74) is -0.0759. The molecule has 0 aliphatic heterocycles. The number of aromatic nitrogens is 2. The van der Waals surface area contributed by atoms with E-state index in [1.807, 2.05) is 13.8 Å². The summed E-state index contributed by atoms with van der Waals surface area (Å²) in [6.07, 6.45) is 0.911. The van der Waals surface area contributed by atoms with E-state index in [1.165, 1.54) is 18.3 Å². The number of carbonyl (C=O) groups excluding carboxylic acids is 1. The molecule has 2 aromatic carbocycles. The van der Waals surface area contributed by atoms with E-state index < -0.39 is 23.2 Å². The summed E-state index contributed by atoms with van der Waals surface area (Å²) in [6, 6.07) is 7.74. The first kappa shape index (κ1) is 26.3. The van der Waals surface area contributed by atoms with Gasteiger partial charge in [0.15, 0.2) is 6.61 Å². The second-order valence-corrected chi connectivity index (χ2v) is 9.41. The first-order valence-electron chi connectivity index (χ1n) is 10.5. The molecule has 3 aromatic rings. The first-order valence-corrected chi connectivity index (χ1v) is 11.7. The van der Waals surface area contributed by atoms with E-state index in [-0.39, 0.29) is 33.9 Å². The highest BCUT2D eigenvalue weighted by Gasteiger charge is 2.22. The van der Waals surface area contributed by atoms with Crippen LogP contribution in [0, 0.1) is 10.1 Å². The first-order chi connectivity index (χ1) is 16.5. The summed E-state index contributed by atoms with van der Waals surface area (Å²) in [5.74, 6) is -0.670. The lowest BCUT2D eigenvalue weighted by Crippen LogP contribution is -2.23. The van der Waals surface area contributed by atoms with E-state index in [4.69, 9.17) is 21.1 Å². The molecule has 0 fully saturated rings. The Hall–Kier alpha value is -3.31. The minimum Gasteiger partial charge on any atom is -0.474 e. The molecule has 0 N–H and O–H groups in total. The lowest BCUT2D eigenvalue weighted by molar-refractivity contribution is -0.385. The summed E-state index contributed by atoms with van der Waals surface area (Å²) >= 11 is 9.58. The fraction of sp³-hybridized carbons (Fsp3) is 0.304. The van der Waals surface area contributed by atoms with Crippen LogP contribution >= 0.6 is 27.5 Å². The molecule has 1 aromatic heterocycles. The molecule has 0 aliphatic rings. The molecule has 0 bridgehead atoms. The van der Waals surface area contributed by atoms with Crippen LogP contribution in [-0.4, -0.2) is 39.5 Å². The number of rotatable bonds is 8. The highest BCUT2D eigenvalue weighted by molar-refractivity contribution is 9.10. The molecule has 35 heavy (non-hydrogen) atoms. The fourth-order valence-corrected chi connectivity index (χ4v) is 3.79. The van der Waals surface area contributed by atoms with Gasteiger partial charge in [0.05, 0.1) is 33.2 Å². The molecule has 0 saturated carbocycles. The topological polar surface area (TPSA) is 126 Å². The monoisotopic (exact) mass is 564 g/mol. The molecule has 10 nitrogen and oxygen atoms in total. The number of ether oxygens (including phenoxy) is 2. The molecule has 0 unspecified atom stereocenters. The average molecular weight is 566 g/mol. The number of nitro groups is 1. The van der Waals surface area contributed by atoms with Crippen LogP contribution in [-0.2, 0) is 9.53 Å². The fourth-order valence-electron chi connectivity index (χ4n) is 3.16. The van der Waals surface area contributed by atoms with Gasteiger partial charge in [0, 0.05) is 22.0 Å². The number of carbonyl (C=O) groups is 1. The van der Waals surface area contributed by atoms with Crippen molar-refractivity contribution in [1.29, 1.82) is 0 Å². The third-order valence-electron chi connectivity index (χ3n) is 4.62. The molecule has 0 spiro atoms. The van der Waals surface area contributed by atoms with Crippen LogP contribution in [0.4, 0.5) is 5.69 Å². The Kier molecular flexibility index (Phi) is 8.23. The van der Waals surface area contributed by atoms with Crippen molar-refractivity contribution in [1.82, 2.24) is 9.66 Å². The number of hydrogen-bond donors (Lipinski definition) is 0. The van der Waals surface area contributed by atoms with Crippen molar-refractivity contribution >= 4 is 56.3 Å². The quantitative estimate of drug-likeness (QED) is 0.162. The molecule has 0 radical (unpaired) electrons. The third kappa shape index (κ3) is 6.23. The van der Waals surface area contributed by atoms with Gasteiger partial charge in [-0.2, -0.15) is 9.78 Å². The van der Waals surface area contributed by atoms with Gasteiger partial charge in [0.2, 0.25) is 5.75 Å². The molecule has 0 atom stereocenters. The summed E-state index contributed by atoms with van der Waals surface area (Å²) in [6.45, 7) is 6.54. The highest BCUT2D eigenvalue weighted by atomic mass is 79.9. The van der Waals surface area contributed by atoms with Crippen molar-refractivity contribution in [3.8, 4) is 5.75 Å². The molecule has 0 aliphatic carbocycles. The Bertz CT molecular complexity index is 1390. The maximum atomic E-state index is 13.1. The molecule has 12 heteroatoms. The second kappa shape index (κ2) is 11.0. The summed E-state index contributed by atoms with van der Waals surface area (Å²) in [5, 5.41) is 16.2. The van der Waals surface area contributed by atoms with E-state index in [9.17, 15) is 19.7 Å². The normalized spacial score (nSPS) is 11.5. The van der Waals surface area contributed by atoms with Crippen LogP contribution in [0.1, 0.15) is 45.0 Å². The standard InChI is InChI=1S/C23H22BrClN4O6/c1-12(2)22-27-18-6-5-15(24)9-16(18)23(31)28(22)26-10-14-7-17(25)21(19(8-14)29(32)33)34-11-20(30)35-13(3)4/h5-10,12-13H,11H2,1-4H3. The average Bonchev–Trinajstić information content (AvgIpc) is 2.76. The van der Waals surface area contributed by atoms with Crippen molar-refractivity contribution in [3.05, 3.63) is 71.7 Å². The Morgan fingerprint density at radius 3 is 2.63 bits per heavy atom. The van der Waals surface area contributed by atoms with Crippen molar-refractivity contribution in [2.75, 3.05) is 6.61 Å². The van der Waals surface area contributed by atoms with Crippen molar-refractivity contribution < 1.29 is 19.2 Å². The number of halogens is 2. The van der Waals surface area contributed by atoms with Crippen LogP contribution in [0.5, 0.6) is 5.75 Å². The maximum absolute atomic E-state index is 13.1. The minimum atomic E-state index is -0.688. The van der Waals surface area contributed by atoms with E-state index in [2.05, 4.69) is 26.0 Å². The minimum absolute atomic E-state index is 0.102. The molecular weight excluding hydrogens is 544 g/mol. The van der Waals surface area contributed by atoms with Crippen LogP contribution in [0.3, 0.4) is 0 Å². The van der Waals surface area contributed by atoms with Crippen molar-refractivity contribution in [2.45, 2.75) is 39.7 Å². The smallest absolute Gasteiger partial charge is 0.344 e. The van der Waals surface area contributed by atoms with Crippen LogP contribution < -0.4 is 10.3 Å². The lowest BCUT2D eigenvalue weighted by Gasteiger charge is -2.12. The Morgan fingerprint density at radius 2 is 2.00 bits per heavy atom. The van der Waals surface area contributed by atoms with Gasteiger partial charge in [-0.05, 0) is 38.1 Å². The van der Waals surface area contributed by atoms with Gasteiger partial charge >= 0.3 is 11.7 Å². The molecule has 1 heterocycles. The largest absolute Gasteiger partial charge is 0.474 e. The molecule has 184 valence electrons. The molecular formula is C23H22BrClN4O6. The zero-order valence-electron chi connectivity index (χ0n) is 19.3. The van der Waals surface area contributed by atoms with Crippen molar-refractivity contribution in [2.24, 2.45) is 5.10 Å². The van der Waals surface area contributed by atoms with Gasteiger partial charge < -0.3 is 9.47 Å². The predicted molar refractivity (Wildman–Crippen MR) is 136 cm³/mol. The van der Waals surface area contributed by atoms with Crippen LogP contribution in [0.2, 0.25) is 5.02 Å². The number of hydrogen-bond acceptors (Lipinski definition) is 8. The summed E-state index contributed by atoms with van der Waals surface area (Å²) in [7, 11) is 0.